The van der Waals surface area contributed by atoms with Gasteiger partial charge in [-0.1, -0.05) is 12.1 Å². The van der Waals surface area contributed by atoms with Crippen LogP contribution in [0.3, 0.4) is 0 Å². The van der Waals surface area contributed by atoms with E-state index in [-0.39, 0.29) is 18.4 Å². The summed E-state index contributed by atoms with van der Waals surface area (Å²) in [5.74, 6) is 1.22. The van der Waals surface area contributed by atoms with Gasteiger partial charge in [-0.2, -0.15) is 5.10 Å². The van der Waals surface area contributed by atoms with Crippen LogP contribution in [-0.4, -0.2) is 58.8 Å². The van der Waals surface area contributed by atoms with Crippen LogP contribution in [0, 0.1) is 5.92 Å². The Labute approximate surface area is 204 Å². The van der Waals surface area contributed by atoms with Crippen LogP contribution in [-0.2, 0) is 17.8 Å². The molecule has 4 aromatic rings. The van der Waals surface area contributed by atoms with Crippen molar-refractivity contribution in [2.24, 2.45) is 5.92 Å². The summed E-state index contributed by atoms with van der Waals surface area (Å²) in [7, 11) is 1.59. The van der Waals surface area contributed by atoms with E-state index in [9.17, 15) is 4.79 Å². The molecular weight excluding hydrogens is 444 g/mol. The van der Waals surface area contributed by atoms with Crippen LogP contribution < -0.4 is 9.47 Å². The zero-order valence-electron chi connectivity index (χ0n) is 19.7. The average molecular weight is 473 g/mol. The lowest BCUT2D eigenvalue weighted by atomic mass is 9.99. The van der Waals surface area contributed by atoms with Gasteiger partial charge in [0.25, 0.3) is 5.91 Å². The van der Waals surface area contributed by atoms with E-state index < -0.39 is 0 Å². The molecular formula is C27H28N4O4. The first-order valence-corrected chi connectivity index (χ1v) is 11.7. The predicted octanol–water partition coefficient (Wildman–Crippen LogP) is 3.65. The molecule has 1 amide bonds. The lowest BCUT2D eigenvalue weighted by Crippen LogP contribution is -2.36. The van der Waals surface area contributed by atoms with Crippen molar-refractivity contribution in [2.45, 2.75) is 13.0 Å². The molecule has 1 aliphatic heterocycles. The molecule has 1 unspecified atom stereocenters. The lowest BCUT2D eigenvalue weighted by Gasteiger charge is -2.24. The fourth-order valence-electron chi connectivity index (χ4n) is 4.43. The number of ether oxygens (including phenoxy) is 3. The number of pyridine rings is 2. The van der Waals surface area contributed by atoms with Crippen molar-refractivity contribution in [3.05, 3.63) is 90.0 Å². The third-order valence-electron chi connectivity index (χ3n) is 6.17. The minimum Gasteiger partial charge on any atom is -0.493 e. The summed E-state index contributed by atoms with van der Waals surface area (Å²) in [5.41, 5.74) is 3.63. The number of nitrogens with zero attached hydrogens (tertiary/aromatic N) is 4. The number of methoxy groups -OCH3 is 1. The maximum absolute atomic E-state index is 13.5. The van der Waals surface area contributed by atoms with Crippen LogP contribution in [0.1, 0.15) is 21.6 Å². The van der Waals surface area contributed by atoms with Gasteiger partial charge in [0.05, 0.1) is 31.5 Å². The first-order valence-electron chi connectivity index (χ1n) is 11.7. The van der Waals surface area contributed by atoms with E-state index in [0.29, 0.717) is 43.4 Å². The number of benzene rings is 1. The molecule has 3 aromatic heterocycles. The topological polar surface area (TPSA) is 78.2 Å². The zero-order chi connectivity index (χ0) is 24.0. The maximum atomic E-state index is 13.5. The summed E-state index contributed by atoms with van der Waals surface area (Å²) < 4.78 is 19.2. The smallest absolute Gasteiger partial charge is 0.254 e. The summed E-state index contributed by atoms with van der Waals surface area (Å²) in [4.78, 5) is 19.7. The molecule has 35 heavy (non-hydrogen) atoms. The largest absolute Gasteiger partial charge is 0.493 e. The number of hydrogen-bond donors (Lipinski definition) is 0. The average Bonchev–Trinajstić information content (AvgIpc) is 3.27. The van der Waals surface area contributed by atoms with Gasteiger partial charge < -0.3 is 19.1 Å². The molecule has 0 radical (unpaired) electrons. The first kappa shape index (κ1) is 22.9. The number of hydrogen-bond acceptors (Lipinski definition) is 6. The second-order valence-corrected chi connectivity index (χ2v) is 8.57. The lowest BCUT2D eigenvalue weighted by molar-refractivity contribution is 0.0736. The van der Waals surface area contributed by atoms with Gasteiger partial charge >= 0.3 is 0 Å². The monoisotopic (exact) mass is 472 g/mol. The molecule has 0 saturated carbocycles. The Hall–Kier alpha value is -3.91. The van der Waals surface area contributed by atoms with E-state index >= 15 is 0 Å². The Balaban J connectivity index is 1.31. The second kappa shape index (κ2) is 10.6. The molecule has 0 spiro atoms. The molecule has 1 atom stereocenters. The van der Waals surface area contributed by atoms with Gasteiger partial charge in [-0.25, -0.2) is 4.52 Å². The van der Waals surface area contributed by atoms with Crippen molar-refractivity contribution in [3.63, 3.8) is 0 Å². The Bertz CT molecular complexity index is 1290. The Morgan fingerprint density at radius 1 is 1.11 bits per heavy atom. The van der Waals surface area contributed by atoms with Crippen molar-refractivity contribution in [2.75, 3.05) is 33.4 Å². The van der Waals surface area contributed by atoms with Crippen molar-refractivity contribution in [1.82, 2.24) is 19.5 Å². The molecule has 180 valence electrons. The molecule has 0 bridgehead atoms. The van der Waals surface area contributed by atoms with Crippen LogP contribution in [0.4, 0.5) is 0 Å². The number of carbonyl (C=O) groups excluding carboxylic acids is 1. The van der Waals surface area contributed by atoms with E-state index in [2.05, 4.69) is 16.1 Å². The number of aromatic nitrogens is 3. The predicted molar refractivity (Wildman–Crippen MR) is 131 cm³/mol. The van der Waals surface area contributed by atoms with E-state index in [1.165, 1.54) is 5.56 Å². The fourth-order valence-corrected chi connectivity index (χ4v) is 4.43. The minimum atomic E-state index is -0.0478. The van der Waals surface area contributed by atoms with Crippen molar-refractivity contribution < 1.29 is 19.0 Å². The van der Waals surface area contributed by atoms with Crippen LogP contribution in [0.2, 0.25) is 0 Å². The van der Waals surface area contributed by atoms with E-state index in [4.69, 9.17) is 14.2 Å². The van der Waals surface area contributed by atoms with Crippen LogP contribution in [0.5, 0.6) is 11.5 Å². The van der Waals surface area contributed by atoms with Gasteiger partial charge in [0, 0.05) is 43.2 Å². The Morgan fingerprint density at radius 2 is 2.06 bits per heavy atom. The molecule has 4 heterocycles. The molecule has 1 fully saturated rings. The van der Waals surface area contributed by atoms with Crippen LogP contribution in [0.15, 0.2) is 73.2 Å². The van der Waals surface area contributed by atoms with Crippen LogP contribution in [0.25, 0.3) is 5.52 Å². The molecule has 8 nitrogen and oxygen atoms in total. The van der Waals surface area contributed by atoms with E-state index in [1.807, 2.05) is 45.9 Å². The Kier molecular flexibility index (Phi) is 6.90. The highest BCUT2D eigenvalue weighted by Crippen LogP contribution is 2.30. The highest BCUT2D eigenvalue weighted by Gasteiger charge is 2.25. The summed E-state index contributed by atoms with van der Waals surface area (Å²) in [5, 5.41) is 4.33. The van der Waals surface area contributed by atoms with Gasteiger partial charge in [0.2, 0.25) is 0 Å². The van der Waals surface area contributed by atoms with Gasteiger partial charge in [0.1, 0.15) is 6.61 Å². The SMILES string of the molecule is COc1ccc(C(=O)N2CCOCC(Cc3cccn4nccc34)C2)cc1OCc1ccccn1. The summed E-state index contributed by atoms with van der Waals surface area (Å²) >= 11 is 0. The molecule has 1 aromatic carbocycles. The maximum Gasteiger partial charge on any atom is 0.254 e. The van der Waals surface area contributed by atoms with E-state index in [0.717, 1.165) is 17.6 Å². The van der Waals surface area contributed by atoms with Gasteiger partial charge in [-0.3, -0.25) is 9.78 Å². The molecule has 5 rings (SSSR count). The third-order valence-corrected chi connectivity index (χ3v) is 6.17. The molecule has 0 N–H and O–H groups in total. The first-order chi connectivity index (χ1) is 17.2. The van der Waals surface area contributed by atoms with Gasteiger partial charge in [-0.15, -0.1) is 0 Å². The summed E-state index contributed by atoms with van der Waals surface area (Å²) in [6.07, 6.45) is 6.27. The summed E-state index contributed by atoms with van der Waals surface area (Å²) in [6, 6.07) is 17.1. The number of fused-ring (bicyclic) bond motifs is 1. The van der Waals surface area contributed by atoms with Gasteiger partial charge in [0.15, 0.2) is 11.5 Å². The highest BCUT2D eigenvalue weighted by atomic mass is 16.5. The third kappa shape index (κ3) is 5.27. The van der Waals surface area contributed by atoms with Gasteiger partial charge in [-0.05, 0) is 54.4 Å². The zero-order valence-corrected chi connectivity index (χ0v) is 19.7. The second-order valence-electron chi connectivity index (χ2n) is 8.57. The normalized spacial score (nSPS) is 16.1. The highest BCUT2D eigenvalue weighted by molar-refractivity contribution is 5.95. The van der Waals surface area contributed by atoms with Crippen molar-refractivity contribution in [1.29, 1.82) is 0 Å². The summed E-state index contributed by atoms with van der Waals surface area (Å²) in [6.45, 7) is 2.57. The Morgan fingerprint density at radius 3 is 2.91 bits per heavy atom. The van der Waals surface area contributed by atoms with E-state index in [1.54, 1.807) is 37.7 Å². The fraction of sp³-hybridized carbons (Fsp3) is 0.296. The molecule has 8 heteroatoms. The van der Waals surface area contributed by atoms with Crippen LogP contribution >= 0.6 is 0 Å². The minimum absolute atomic E-state index is 0.0478. The number of rotatable bonds is 7. The quantitative estimate of drug-likeness (QED) is 0.409. The molecule has 1 aliphatic rings. The van der Waals surface area contributed by atoms with Crippen molar-refractivity contribution >= 4 is 11.4 Å². The standard InChI is InChI=1S/C27H28N4O4/c1-33-25-8-7-22(16-26(25)35-19-23-6-2-3-10-28-23)27(32)30-13-14-34-18-20(17-30)15-21-5-4-12-31-24(21)9-11-29-31/h2-12,16,20H,13-15,17-19H2,1H3. The number of amides is 1. The van der Waals surface area contributed by atoms with Crippen molar-refractivity contribution in [3.8, 4) is 11.5 Å². The molecule has 1 saturated heterocycles. The molecule has 0 aliphatic carbocycles. The number of carbonyl (C=O) groups is 1.